The van der Waals surface area contributed by atoms with Gasteiger partial charge in [-0.15, -0.1) is 0 Å². The monoisotopic (exact) mass is 307 g/mol. The first-order valence-corrected chi connectivity index (χ1v) is 8.31. The summed E-state index contributed by atoms with van der Waals surface area (Å²) in [6.45, 7) is 0. The van der Waals surface area contributed by atoms with Crippen molar-refractivity contribution < 1.29 is 4.79 Å². The SMILES string of the molecule is NC(=O)c1ccc(Cc2ccc3c(c2)CCC3NC2CC2)nc1. The number of aryl methyl sites for hydroxylation is 1. The smallest absolute Gasteiger partial charge is 0.250 e. The van der Waals surface area contributed by atoms with Crippen LogP contribution >= 0.6 is 0 Å². The van der Waals surface area contributed by atoms with Gasteiger partial charge in [0.25, 0.3) is 0 Å². The molecule has 1 aromatic heterocycles. The molecule has 1 amide bonds. The number of rotatable bonds is 5. The Morgan fingerprint density at radius 3 is 2.78 bits per heavy atom. The van der Waals surface area contributed by atoms with Crippen LogP contribution in [-0.4, -0.2) is 16.9 Å². The molecule has 1 atom stereocenters. The van der Waals surface area contributed by atoms with Crippen molar-refractivity contribution in [2.45, 2.75) is 44.2 Å². The van der Waals surface area contributed by atoms with Crippen molar-refractivity contribution in [2.75, 3.05) is 0 Å². The van der Waals surface area contributed by atoms with Crippen molar-refractivity contribution in [1.82, 2.24) is 10.3 Å². The Labute approximate surface area is 136 Å². The highest BCUT2D eigenvalue weighted by atomic mass is 16.1. The number of nitrogens with two attached hydrogens (primary N) is 1. The number of amides is 1. The standard InChI is InChI=1S/C19H21N3O/c20-19(23)14-2-4-16(21-11-14)10-12-1-7-17-13(9-12)3-8-18(17)22-15-5-6-15/h1-2,4,7,9,11,15,18,22H,3,5-6,8,10H2,(H2,20,23). The molecule has 1 saturated carbocycles. The fourth-order valence-corrected chi connectivity index (χ4v) is 3.37. The van der Waals surface area contributed by atoms with Gasteiger partial charge in [0.2, 0.25) is 5.91 Å². The lowest BCUT2D eigenvalue weighted by Crippen LogP contribution is -2.21. The first-order valence-electron chi connectivity index (χ1n) is 8.31. The van der Waals surface area contributed by atoms with Gasteiger partial charge in [0.1, 0.15) is 0 Å². The molecule has 23 heavy (non-hydrogen) atoms. The lowest BCUT2D eigenvalue weighted by atomic mass is 10.0. The number of carbonyl (C=O) groups is 1. The molecule has 0 aliphatic heterocycles. The molecule has 118 valence electrons. The molecule has 1 unspecified atom stereocenters. The zero-order chi connectivity index (χ0) is 15.8. The van der Waals surface area contributed by atoms with E-state index in [1.165, 1.54) is 36.0 Å². The molecule has 2 aliphatic rings. The molecule has 1 fully saturated rings. The Bertz CT molecular complexity index is 735. The van der Waals surface area contributed by atoms with Crippen LogP contribution < -0.4 is 11.1 Å². The lowest BCUT2D eigenvalue weighted by molar-refractivity contribution is 0.1000. The number of benzene rings is 1. The lowest BCUT2D eigenvalue weighted by Gasteiger charge is -2.13. The number of hydrogen-bond acceptors (Lipinski definition) is 3. The second-order valence-corrected chi connectivity index (χ2v) is 6.64. The van der Waals surface area contributed by atoms with Crippen molar-refractivity contribution in [3.05, 3.63) is 64.5 Å². The van der Waals surface area contributed by atoms with Crippen LogP contribution in [0.4, 0.5) is 0 Å². The van der Waals surface area contributed by atoms with Gasteiger partial charge >= 0.3 is 0 Å². The van der Waals surface area contributed by atoms with Crippen molar-refractivity contribution in [3.8, 4) is 0 Å². The number of carbonyl (C=O) groups excluding carboxylic acids is 1. The molecule has 0 radical (unpaired) electrons. The quantitative estimate of drug-likeness (QED) is 0.892. The molecule has 1 aromatic carbocycles. The first-order chi connectivity index (χ1) is 11.2. The normalized spacial score (nSPS) is 19.6. The first kappa shape index (κ1) is 14.4. The van der Waals surface area contributed by atoms with E-state index in [2.05, 4.69) is 28.5 Å². The Kier molecular flexibility index (Phi) is 3.62. The van der Waals surface area contributed by atoms with E-state index in [0.717, 1.165) is 24.6 Å². The molecule has 2 aliphatic carbocycles. The number of hydrogen-bond donors (Lipinski definition) is 2. The molecule has 2 aromatic rings. The van der Waals surface area contributed by atoms with Gasteiger partial charge in [-0.1, -0.05) is 18.2 Å². The van der Waals surface area contributed by atoms with Crippen LogP contribution in [0.25, 0.3) is 0 Å². The van der Waals surface area contributed by atoms with Crippen LogP contribution in [0.5, 0.6) is 0 Å². The van der Waals surface area contributed by atoms with Gasteiger partial charge in [-0.25, -0.2) is 0 Å². The van der Waals surface area contributed by atoms with Crippen LogP contribution in [0.2, 0.25) is 0 Å². The van der Waals surface area contributed by atoms with Crippen LogP contribution in [0.3, 0.4) is 0 Å². The van der Waals surface area contributed by atoms with E-state index < -0.39 is 5.91 Å². The van der Waals surface area contributed by atoms with Crippen LogP contribution in [0.15, 0.2) is 36.5 Å². The summed E-state index contributed by atoms with van der Waals surface area (Å²) in [6.07, 6.45) is 7.36. The predicted octanol–water partition coefficient (Wildman–Crippen LogP) is 2.51. The third-order valence-electron chi connectivity index (χ3n) is 4.79. The van der Waals surface area contributed by atoms with Crippen LogP contribution in [-0.2, 0) is 12.8 Å². The highest BCUT2D eigenvalue weighted by Crippen LogP contribution is 2.35. The Hall–Kier alpha value is -2.20. The number of primary amides is 1. The average Bonchev–Trinajstić information content (AvgIpc) is 3.28. The number of nitrogens with zero attached hydrogens (tertiary/aromatic N) is 1. The molecule has 4 rings (SSSR count). The summed E-state index contributed by atoms with van der Waals surface area (Å²) in [5.41, 5.74) is 10.9. The number of nitrogens with one attached hydrogen (secondary N) is 1. The Balaban J connectivity index is 1.48. The molecule has 4 heteroatoms. The van der Waals surface area contributed by atoms with Gasteiger partial charge in [0.05, 0.1) is 5.56 Å². The van der Waals surface area contributed by atoms with Gasteiger partial charge in [0.15, 0.2) is 0 Å². The largest absolute Gasteiger partial charge is 0.366 e. The van der Waals surface area contributed by atoms with Crippen molar-refractivity contribution in [2.24, 2.45) is 5.73 Å². The van der Waals surface area contributed by atoms with E-state index >= 15 is 0 Å². The number of pyridine rings is 1. The third kappa shape index (κ3) is 3.13. The zero-order valence-corrected chi connectivity index (χ0v) is 13.1. The fraction of sp³-hybridized carbons (Fsp3) is 0.368. The second kappa shape index (κ2) is 5.78. The molecule has 0 saturated heterocycles. The Morgan fingerprint density at radius 1 is 1.22 bits per heavy atom. The van der Waals surface area contributed by atoms with E-state index in [1.54, 1.807) is 12.3 Å². The van der Waals surface area contributed by atoms with Gasteiger partial charge < -0.3 is 11.1 Å². The highest BCUT2D eigenvalue weighted by molar-refractivity contribution is 5.92. The predicted molar refractivity (Wildman–Crippen MR) is 89.2 cm³/mol. The maximum atomic E-state index is 11.1. The van der Waals surface area contributed by atoms with Crippen molar-refractivity contribution in [1.29, 1.82) is 0 Å². The summed E-state index contributed by atoms with van der Waals surface area (Å²) in [7, 11) is 0. The zero-order valence-electron chi connectivity index (χ0n) is 13.1. The summed E-state index contributed by atoms with van der Waals surface area (Å²) < 4.78 is 0. The second-order valence-electron chi connectivity index (χ2n) is 6.64. The minimum Gasteiger partial charge on any atom is -0.366 e. The van der Waals surface area contributed by atoms with E-state index in [0.29, 0.717) is 11.6 Å². The molecule has 0 spiro atoms. The van der Waals surface area contributed by atoms with E-state index in [1.807, 2.05) is 6.07 Å². The fourth-order valence-electron chi connectivity index (χ4n) is 3.37. The molecule has 4 nitrogen and oxygen atoms in total. The highest BCUT2D eigenvalue weighted by Gasteiger charge is 2.29. The molecule has 0 bridgehead atoms. The topological polar surface area (TPSA) is 68.0 Å². The van der Waals surface area contributed by atoms with Crippen LogP contribution in [0.1, 0.15) is 58.0 Å². The molecular weight excluding hydrogens is 286 g/mol. The minimum absolute atomic E-state index is 0.434. The van der Waals surface area contributed by atoms with Gasteiger partial charge in [-0.2, -0.15) is 0 Å². The van der Waals surface area contributed by atoms with E-state index in [-0.39, 0.29) is 0 Å². The number of aromatic nitrogens is 1. The van der Waals surface area contributed by atoms with Gasteiger partial charge in [0, 0.05) is 30.4 Å². The van der Waals surface area contributed by atoms with Gasteiger partial charge in [-0.3, -0.25) is 9.78 Å². The number of fused-ring (bicyclic) bond motifs is 1. The van der Waals surface area contributed by atoms with E-state index in [9.17, 15) is 4.79 Å². The van der Waals surface area contributed by atoms with Crippen molar-refractivity contribution in [3.63, 3.8) is 0 Å². The summed E-state index contributed by atoms with van der Waals surface area (Å²) in [5, 5.41) is 3.74. The maximum Gasteiger partial charge on any atom is 0.250 e. The van der Waals surface area contributed by atoms with E-state index in [4.69, 9.17) is 5.73 Å². The van der Waals surface area contributed by atoms with Gasteiger partial charge in [-0.05, 0) is 54.5 Å². The third-order valence-corrected chi connectivity index (χ3v) is 4.79. The summed E-state index contributed by atoms with van der Waals surface area (Å²) >= 11 is 0. The van der Waals surface area contributed by atoms with Crippen molar-refractivity contribution >= 4 is 5.91 Å². The molecular formula is C19H21N3O. The Morgan fingerprint density at radius 2 is 2.09 bits per heavy atom. The molecule has 3 N–H and O–H groups in total. The van der Waals surface area contributed by atoms with Crippen LogP contribution in [0, 0.1) is 0 Å². The summed E-state index contributed by atoms with van der Waals surface area (Å²) in [4.78, 5) is 15.4. The maximum absolute atomic E-state index is 11.1. The minimum atomic E-state index is -0.434. The molecule has 1 heterocycles. The summed E-state index contributed by atoms with van der Waals surface area (Å²) in [6, 6.07) is 11.7. The average molecular weight is 307 g/mol. The summed E-state index contributed by atoms with van der Waals surface area (Å²) in [5.74, 6) is -0.434.